The van der Waals surface area contributed by atoms with Gasteiger partial charge in [0.1, 0.15) is 0 Å². The van der Waals surface area contributed by atoms with Gasteiger partial charge in [0.2, 0.25) is 0 Å². The SMILES string of the molecule is CCCN(c1ccncc1C)C1CNC1. The van der Waals surface area contributed by atoms with Gasteiger partial charge in [0.15, 0.2) is 0 Å². The summed E-state index contributed by atoms with van der Waals surface area (Å²) in [7, 11) is 0. The molecular weight excluding hydrogens is 186 g/mol. The molecule has 1 fully saturated rings. The van der Waals surface area contributed by atoms with Crippen molar-refractivity contribution in [1.29, 1.82) is 0 Å². The Kier molecular flexibility index (Phi) is 3.21. The summed E-state index contributed by atoms with van der Waals surface area (Å²) in [4.78, 5) is 6.66. The number of nitrogens with one attached hydrogen (secondary N) is 1. The molecule has 0 aromatic carbocycles. The van der Waals surface area contributed by atoms with Crippen LogP contribution in [0.2, 0.25) is 0 Å². The maximum atomic E-state index is 4.15. The molecule has 15 heavy (non-hydrogen) atoms. The summed E-state index contributed by atoms with van der Waals surface area (Å²) in [5.41, 5.74) is 2.62. The zero-order valence-corrected chi connectivity index (χ0v) is 9.53. The van der Waals surface area contributed by atoms with Crippen molar-refractivity contribution in [3.63, 3.8) is 0 Å². The second kappa shape index (κ2) is 4.62. The van der Waals surface area contributed by atoms with Gasteiger partial charge in [-0.15, -0.1) is 0 Å². The Bertz CT molecular complexity index is 320. The number of aromatic nitrogens is 1. The van der Waals surface area contributed by atoms with Crippen LogP contribution in [0.1, 0.15) is 18.9 Å². The highest BCUT2D eigenvalue weighted by Gasteiger charge is 2.24. The molecule has 1 aliphatic rings. The van der Waals surface area contributed by atoms with Gasteiger partial charge in [-0.3, -0.25) is 4.98 Å². The minimum Gasteiger partial charge on any atom is -0.366 e. The van der Waals surface area contributed by atoms with E-state index in [-0.39, 0.29) is 0 Å². The lowest BCUT2D eigenvalue weighted by molar-refractivity contribution is 0.412. The molecule has 1 N–H and O–H groups in total. The fraction of sp³-hybridized carbons (Fsp3) is 0.583. The first kappa shape index (κ1) is 10.4. The normalized spacial score (nSPS) is 16.1. The molecule has 0 bridgehead atoms. The van der Waals surface area contributed by atoms with Crippen molar-refractivity contribution in [3.05, 3.63) is 24.0 Å². The molecule has 0 radical (unpaired) electrons. The second-order valence-corrected chi connectivity index (χ2v) is 4.17. The van der Waals surface area contributed by atoms with Crippen LogP contribution >= 0.6 is 0 Å². The lowest BCUT2D eigenvalue weighted by atomic mass is 10.1. The third-order valence-electron chi connectivity index (χ3n) is 2.97. The maximum absolute atomic E-state index is 4.15. The van der Waals surface area contributed by atoms with Gasteiger partial charge in [0.05, 0.1) is 6.04 Å². The Labute approximate surface area is 91.5 Å². The van der Waals surface area contributed by atoms with Crippen LogP contribution in [0.3, 0.4) is 0 Å². The molecule has 1 aromatic rings. The lowest BCUT2D eigenvalue weighted by Gasteiger charge is -2.40. The Morgan fingerprint density at radius 1 is 1.53 bits per heavy atom. The molecule has 82 valence electrons. The average molecular weight is 205 g/mol. The summed E-state index contributed by atoms with van der Waals surface area (Å²) >= 11 is 0. The van der Waals surface area contributed by atoms with E-state index >= 15 is 0 Å². The highest BCUT2D eigenvalue weighted by molar-refractivity contribution is 5.53. The Morgan fingerprint density at radius 3 is 2.87 bits per heavy atom. The third kappa shape index (κ3) is 2.12. The predicted octanol–water partition coefficient (Wildman–Crippen LogP) is 1.58. The topological polar surface area (TPSA) is 28.2 Å². The summed E-state index contributed by atoms with van der Waals surface area (Å²) in [6, 6.07) is 2.80. The quantitative estimate of drug-likeness (QED) is 0.809. The summed E-state index contributed by atoms with van der Waals surface area (Å²) in [6.07, 6.45) is 5.03. The number of hydrogen-bond donors (Lipinski definition) is 1. The minimum atomic E-state index is 0.672. The zero-order valence-electron chi connectivity index (χ0n) is 9.53. The molecule has 0 amide bonds. The summed E-state index contributed by atoms with van der Waals surface area (Å²) < 4.78 is 0. The molecule has 3 heteroatoms. The van der Waals surface area contributed by atoms with E-state index in [2.05, 4.69) is 35.1 Å². The second-order valence-electron chi connectivity index (χ2n) is 4.17. The Balaban J connectivity index is 2.19. The highest BCUT2D eigenvalue weighted by Crippen LogP contribution is 2.22. The predicted molar refractivity (Wildman–Crippen MR) is 63.3 cm³/mol. The number of nitrogens with zero attached hydrogens (tertiary/aromatic N) is 2. The van der Waals surface area contributed by atoms with Crippen LogP contribution in [-0.4, -0.2) is 30.7 Å². The fourth-order valence-electron chi connectivity index (χ4n) is 2.02. The van der Waals surface area contributed by atoms with Gasteiger partial charge in [-0.1, -0.05) is 6.92 Å². The van der Waals surface area contributed by atoms with Crippen LogP contribution in [0.5, 0.6) is 0 Å². The standard InChI is InChI=1S/C12H19N3/c1-3-6-15(11-8-14-9-11)12-4-5-13-7-10(12)2/h4-5,7,11,14H,3,6,8-9H2,1-2H3. The number of anilines is 1. The maximum Gasteiger partial charge on any atom is 0.0539 e. The fourth-order valence-corrected chi connectivity index (χ4v) is 2.02. The lowest BCUT2D eigenvalue weighted by Crippen LogP contribution is -2.57. The smallest absolute Gasteiger partial charge is 0.0539 e. The highest BCUT2D eigenvalue weighted by atomic mass is 15.2. The van der Waals surface area contributed by atoms with E-state index in [1.165, 1.54) is 17.7 Å². The summed E-state index contributed by atoms with van der Waals surface area (Å²) in [5, 5.41) is 3.33. The van der Waals surface area contributed by atoms with Crippen molar-refractivity contribution in [2.24, 2.45) is 0 Å². The van der Waals surface area contributed by atoms with Crippen LogP contribution in [0, 0.1) is 6.92 Å². The molecule has 0 aliphatic carbocycles. The molecule has 0 atom stereocenters. The zero-order chi connectivity index (χ0) is 10.7. The van der Waals surface area contributed by atoms with Crippen LogP contribution in [-0.2, 0) is 0 Å². The average Bonchev–Trinajstić information content (AvgIpc) is 2.15. The molecule has 0 unspecified atom stereocenters. The molecule has 1 aromatic heterocycles. The Hall–Kier alpha value is -1.09. The van der Waals surface area contributed by atoms with Crippen LogP contribution < -0.4 is 10.2 Å². The van der Waals surface area contributed by atoms with E-state index in [9.17, 15) is 0 Å². The van der Waals surface area contributed by atoms with E-state index in [1.54, 1.807) is 0 Å². The van der Waals surface area contributed by atoms with Crippen molar-refractivity contribution in [1.82, 2.24) is 10.3 Å². The van der Waals surface area contributed by atoms with Gasteiger partial charge < -0.3 is 10.2 Å². The van der Waals surface area contributed by atoms with Crippen LogP contribution in [0.25, 0.3) is 0 Å². The van der Waals surface area contributed by atoms with E-state index in [0.29, 0.717) is 6.04 Å². The number of pyridine rings is 1. The van der Waals surface area contributed by atoms with E-state index in [0.717, 1.165) is 19.6 Å². The van der Waals surface area contributed by atoms with Crippen molar-refractivity contribution < 1.29 is 0 Å². The van der Waals surface area contributed by atoms with Crippen molar-refractivity contribution in [2.75, 3.05) is 24.5 Å². The third-order valence-corrected chi connectivity index (χ3v) is 2.97. The van der Waals surface area contributed by atoms with Crippen molar-refractivity contribution in [3.8, 4) is 0 Å². The molecule has 2 heterocycles. The van der Waals surface area contributed by atoms with Gasteiger partial charge in [0, 0.05) is 37.7 Å². The first-order valence-electron chi connectivity index (χ1n) is 5.71. The number of rotatable bonds is 4. The molecule has 3 nitrogen and oxygen atoms in total. The van der Waals surface area contributed by atoms with E-state index < -0.39 is 0 Å². The van der Waals surface area contributed by atoms with Gasteiger partial charge in [-0.05, 0) is 25.0 Å². The summed E-state index contributed by atoms with van der Waals surface area (Å²) in [5.74, 6) is 0. The molecule has 1 aliphatic heterocycles. The first-order chi connectivity index (χ1) is 7.33. The van der Waals surface area contributed by atoms with Gasteiger partial charge in [-0.2, -0.15) is 0 Å². The van der Waals surface area contributed by atoms with Crippen LogP contribution in [0.15, 0.2) is 18.5 Å². The molecular formula is C12H19N3. The monoisotopic (exact) mass is 205 g/mol. The molecule has 2 rings (SSSR count). The first-order valence-corrected chi connectivity index (χ1v) is 5.71. The van der Waals surface area contributed by atoms with Crippen molar-refractivity contribution >= 4 is 5.69 Å². The molecule has 1 saturated heterocycles. The summed E-state index contributed by atoms with van der Waals surface area (Å²) in [6.45, 7) is 7.73. The molecule has 0 saturated carbocycles. The minimum absolute atomic E-state index is 0.672. The van der Waals surface area contributed by atoms with Gasteiger partial charge >= 0.3 is 0 Å². The van der Waals surface area contributed by atoms with Gasteiger partial charge in [-0.25, -0.2) is 0 Å². The van der Waals surface area contributed by atoms with Crippen molar-refractivity contribution in [2.45, 2.75) is 26.3 Å². The van der Waals surface area contributed by atoms with E-state index in [4.69, 9.17) is 0 Å². The number of hydrogen-bond acceptors (Lipinski definition) is 3. The van der Waals surface area contributed by atoms with E-state index in [1.807, 2.05) is 12.4 Å². The van der Waals surface area contributed by atoms with Crippen LogP contribution in [0.4, 0.5) is 5.69 Å². The largest absolute Gasteiger partial charge is 0.366 e. The molecule has 0 spiro atoms. The Morgan fingerprint density at radius 2 is 2.33 bits per heavy atom. The number of aryl methyl sites for hydroxylation is 1. The van der Waals surface area contributed by atoms with Gasteiger partial charge in [0.25, 0.3) is 0 Å².